The highest BCUT2D eigenvalue weighted by molar-refractivity contribution is 8.93. The topological polar surface area (TPSA) is 0 Å². The second-order valence-corrected chi connectivity index (χ2v) is 8.82. The molecule has 0 bridgehead atoms. The van der Waals surface area contributed by atoms with Crippen LogP contribution in [0.5, 0.6) is 0 Å². The van der Waals surface area contributed by atoms with E-state index < -0.39 is 7.26 Å². The lowest BCUT2D eigenvalue weighted by Gasteiger charge is -2.26. The van der Waals surface area contributed by atoms with Gasteiger partial charge in [-0.3, -0.25) is 0 Å². The monoisotopic (exact) mass is 417 g/mol. The van der Waals surface area contributed by atoms with Gasteiger partial charge in [-0.05, 0) is 36.4 Å². The molecule has 0 nitrogen and oxygen atoms in total. The van der Waals surface area contributed by atoms with Crippen molar-refractivity contribution in [3.05, 3.63) is 104 Å². The van der Waals surface area contributed by atoms with Crippen molar-refractivity contribution >= 4 is 50.1 Å². The van der Waals surface area contributed by atoms with E-state index >= 15 is 0 Å². The van der Waals surface area contributed by atoms with Crippen molar-refractivity contribution in [2.75, 3.05) is 6.16 Å². The van der Waals surface area contributed by atoms with Crippen molar-refractivity contribution in [3.63, 3.8) is 0 Å². The fourth-order valence-corrected chi connectivity index (χ4v) is 6.96. The summed E-state index contributed by atoms with van der Waals surface area (Å²) in [6.07, 6.45) is 3.05. The molecule has 0 spiro atoms. The zero-order valence-corrected chi connectivity index (χ0v) is 17.7. The lowest BCUT2D eigenvalue weighted by molar-refractivity contribution is 1.66. The summed E-state index contributed by atoms with van der Waals surface area (Å²) in [5.41, 5.74) is 0. The summed E-state index contributed by atoms with van der Waals surface area (Å²) >= 11 is 0. The molecule has 0 heterocycles. The molecule has 3 aromatic carbocycles. The lowest BCUT2D eigenvalue weighted by atomic mass is 10.4. The van der Waals surface area contributed by atoms with Gasteiger partial charge in [-0.2, -0.15) is 9.90 Å². The molecule has 24 heavy (non-hydrogen) atoms. The Bertz CT molecular complexity index is 631. The molecule has 124 valence electrons. The van der Waals surface area contributed by atoms with Gasteiger partial charge in [-0.25, -0.2) is 0 Å². The van der Waals surface area contributed by atoms with E-state index in [2.05, 4.69) is 104 Å². The van der Waals surface area contributed by atoms with Crippen molar-refractivity contribution in [2.24, 2.45) is 0 Å². The van der Waals surface area contributed by atoms with Gasteiger partial charge in [-0.1, -0.05) is 67.3 Å². The zero-order valence-electron chi connectivity index (χ0n) is 13.7. The van der Waals surface area contributed by atoms with Gasteiger partial charge >= 0.3 is 0 Å². The molecule has 3 aromatic rings. The Balaban J connectivity index is 0.00000144. The Morgan fingerprint density at radius 3 is 1.17 bits per heavy atom. The van der Waals surface area contributed by atoms with Gasteiger partial charge in [0.05, 0.1) is 6.16 Å². The zero-order chi connectivity index (χ0) is 15.3. The maximum Gasteiger partial charge on any atom is 0.115 e. The van der Waals surface area contributed by atoms with Gasteiger partial charge in [0, 0.05) is 0 Å². The van der Waals surface area contributed by atoms with E-state index in [9.17, 15) is 0 Å². The SMILES string of the molecule is Br.C=CC[P+](c1ccccc1)(c1ccccc1)c1ccccc1.P. The number of allylic oxidation sites excluding steroid dienone is 1. The fourth-order valence-electron chi connectivity index (χ4n) is 3.00. The van der Waals surface area contributed by atoms with Crippen LogP contribution in [-0.4, -0.2) is 6.16 Å². The summed E-state index contributed by atoms with van der Waals surface area (Å²) in [6.45, 7) is 4.05. The van der Waals surface area contributed by atoms with Crippen molar-refractivity contribution < 1.29 is 0 Å². The summed E-state index contributed by atoms with van der Waals surface area (Å²) in [5, 5.41) is 4.23. The van der Waals surface area contributed by atoms with Crippen LogP contribution in [0, 0.1) is 0 Å². The molecule has 0 aliphatic carbocycles. The summed E-state index contributed by atoms with van der Waals surface area (Å²) < 4.78 is 0. The first-order chi connectivity index (χ1) is 10.9. The average molecular weight is 418 g/mol. The van der Waals surface area contributed by atoms with Gasteiger partial charge < -0.3 is 0 Å². The highest BCUT2D eigenvalue weighted by atomic mass is 79.9. The van der Waals surface area contributed by atoms with Gasteiger partial charge in [0.15, 0.2) is 0 Å². The van der Waals surface area contributed by atoms with Gasteiger partial charge in [-0.15, -0.1) is 17.0 Å². The smallest absolute Gasteiger partial charge is 0.115 e. The summed E-state index contributed by atoms with van der Waals surface area (Å²) in [7, 11) is -1.67. The summed E-state index contributed by atoms with van der Waals surface area (Å²) in [4.78, 5) is 0. The quantitative estimate of drug-likeness (QED) is 0.413. The standard InChI is InChI=1S/C21H20P.BrH.H3P/c1-2-18-22(19-12-6-3-7-13-19,20-14-8-4-9-15-20)21-16-10-5-11-17-21;;/h2-17H,1,18H2;1H;1H3/q+1;;. The molecule has 1 atom stereocenters. The largest absolute Gasteiger partial charge is 0.153 e. The minimum absolute atomic E-state index is 0. The molecule has 3 heteroatoms. The van der Waals surface area contributed by atoms with Crippen LogP contribution in [-0.2, 0) is 0 Å². The third kappa shape index (κ3) is 4.04. The van der Waals surface area contributed by atoms with Crippen LogP contribution in [0.3, 0.4) is 0 Å². The second kappa shape index (κ2) is 9.90. The summed E-state index contributed by atoms with van der Waals surface area (Å²) in [6, 6.07) is 32.7. The molecule has 0 amide bonds. The molecule has 0 aliphatic heterocycles. The van der Waals surface area contributed by atoms with Crippen LogP contribution in [0.2, 0.25) is 0 Å². The molecule has 0 saturated carbocycles. The number of halogens is 1. The molecule has 0 fully saturated rings. The molecule has 0 aromatic heterocycles. The van der Waals surface area contributed by atoms with Crippen molar-refractivity contribution in [1.29, 1.82) is 0 Å². The third-order valence-corrected chi connectivity index (χ3v) is 8.34. The number of rotatable bonds is 5. The highest BCUT2D eigenvalue weighted by Crippen LogP contribution is 2.55. The highest BCUT2D eigenvalue weighted by Gasteiger charge is 2.43. The van der Waals surface area contributed by atoms with Crippen molar-refractivity contribution in [3.8, 4) is 0 Å². The lowest BCUT2D eigenvalue weighted by Crippen LogP contribution is -2.32. The Morgan fingerprint density at radius 1 is 0.625 bits per heavy atom. The van der Waals surface area contributed by atoms with Crippen LogP contribution in [0.1, 0.15) is 0 Å². The predicted molar refractivity (Wildman–Crippen MR) is 122 cm³/mol. The molecule has 0 N–H and O–H groups in total. The Labute approximate surface area is 159 Å². The predicted octanol–water partition coefficient (Wildman–Crippen LogP) is 4.80. The van der Waals surface area contributed by atoms with E-state index in [4.69, 9.17) is 0 Å². The molecular formula is C21H24BrP2+. The first-order valence-corrected chi connectivity index (χ1v) is 9.51. The van der Waals surface area contributed by atoms with E-state index in [1.54, 1.807) is 0 Å². The molecule has 1 unspecified atom stereocenters. The van der Waals surface area contributed by atoms with Crippen LogP contribution < -0.4 is 15.9 Å². The maximum absolute atomic E-state index is 4.05. The van der Waals surface area contributed by atoms with Crippen LogP contribution in [0.4, 0.5) is 0 Å². The Hall–Kier alpha value is -1.26. The normalized spacial score (nSPS) is 10.2. The van der Waals surface area contributed by atoms with E-state index in [1.165, 1.54) is 15.9 Å². The van der Waals surface area contributed by atoms with Crippen molar-refractivity contribution in [2.45, 2.75) is 0 Å². The fraction of sp³-hybridized carbons (Fsp3) is 0.0476. The van der Waals surface area contributed by atoms with Gasteiger partial charge in [0.2, 0.25) is 0 Å². The minimum atomic E-state index is -1.67. The van der Waals surface area contributed by atoms with Crippen LogP contribution in [0.25, 0.3) is 0 Å². The van der Waals surface area contributed by atoms with Crippen molar-refractivity contribution in [1.82, 2.24) is 0 Å². The second-order valence-electron chi connectivity index (χ2n) is 5.29. The Kier molecular flexibility index (Phi) is 8.57. The first kappa shape index (κ1) is 20.8. The Morgan fingerprint density at radius 2 is 0.917 bits per heavy atom. The summed E-state index contributed by atoms with van der Waals surface area (Å²) in [5.74, 6) is 0. The van der Waals surface area contributed by atoms with Gasteiger partial charge in [0.25, 0.3) is 0 Å². The first-order valence-electron chi connectivity index (χ1n) is 7.54. The van der Waals surface area contributed by atoms with E-state index in [0.717, 1.165) is 6.16 Å². The molecule has 0 aliphatic rings. The van der Waals surface area contributed by atoms with E-state index in [-0.39, 0.29) is 26.9 Å². The van der Waals surface area contributed by atoms with Crippen LogP contribution >= 0.6 is 34.1 Å². The average Bonchev–Trinajstić information content (AvgIpc) is 2.62. The third-order valence-electron chi connectivity index (χ3n) is 3.99. The van der Waals surface area contributed by atoms with Crippen LogP contribution in [0.15, 0.2) is 104 Å². The van der Waals surface area contributed by atoms with Gasteiger partial charge in [0.1, 0.15) is 23.2 Å². The molecule has 0 saturated heterocycles. The molecule has 3 rings (SSSR count). The number of hydrogen-bond acceptors (Lipinski definition) is 0. The number of benzene rings is 3. The molecular weight excluding hydrogens is 394 g/mol. The molecule has 0 radical (unpaired) electrons. The minimum Gasteiger partial charge on any atom is -0.153 e. The maximum atomic E-state index is 4.05. The number of hydrogen-bond donors (Lipinski definition) is 0. The van der Waals surface area contributed by atoms with E-state index in [1.807, 2.05) is 0 Å². The van der Waals surface area contributed by atoms with E-state index in [0.29, 0.717) is 0 Å².